The van der Waals surface area contributed by atoms with Gasteiger partial charge in [0.15, 0.2) is 0 Å². The number of hydrogen-bond acceptors (Lipinski definition) is 4. The molecule has 0 aliphatic rings. The van der Waals surface area contributed by atoms with E-state index in [1.165, 1.54) is 31.2 Å². The summed E-state index contributed by atoms with van der Waals surface area (Å²) in [6.07, 6.45) is 0.747. The average molecular weight is 310 g/mol. The highest BCUT2D eigenvalue weighted by molar-refractivity contribution is 7.88. The maximum absolute atomic E-state index is 12.1. The fraction of sp³-hybridized carbons (Fsp3) is 0.429. The van der Waals surface area contributed by atoms with Gasteiger partial charge in [0.25, 0.3) is 0 Å². The predicted molar refractivity (Wildman–Crippen MR) is 77.9 cm³/mol. The van der Waals surface area contributed by atoms with E-state index in [9.17, 15) is 18.3 Å². The molecule has 1 unspecified atom stereocenters. The lowest BCUT2D eigenvalue weighted by atomic mass is 9.98. The standard InChI is InChI=1S/C14H18N2O4S/c1-3-8-14(2,13(17)18)16-21(19,20)10-12-6-4-11(9-15)5-7-12/h4-7,16H,3,8,10H2,1-2H3,(H,17,18). The largest absolute Gasteiger partial charge is 0.480 e. The Bertz CT molecular complexity index is 647. The number of sulfonamides is 1. The van der Waals surface area contributed by atoms with Crippen molar-refractivity contribution in [2.45, 2.75) is 38.0 Å². The molecule has 7 heteroatoms. The molecular formula is C14H18N2O4S. The van der Waals surface area contributed by atoms with E-state index in [0.717, 1.165) is 0 Å². The molecule has 0 fully saturated rings. The summed E-state index contributed by atoms with van der Waals surface area (Å²) in [7, 11) is -3.79. The highest BCUT2D eigenvalue weighted by Gasteiger charge is 2.36. The Balaban J connectivity index is 2.90. The van der Waals surface area contributed by atoms with E-state index < -0.39 is 21.5 Å². The maximum Gasteiger partial charge on any atom is 0.324 e. The summed E-state index contributed by atoms with van der Waals surface area (Å²) >= 11 is 0. The van der Waals surface area contributed by atoms with E-state index in [4.69, 9.17) is 5.26 Å². The molecule has 0 saturated heterocycles. The SMILES string of the molecule is CCCC(C)(NS(=O)(=O)Cc1ccc(C#N)cc1)C(=O)O. The van der Waals surface area contributed by atoms with Crippen LogP contribution >= 0.6 is 0 Å². The third-order valence-electron chi connectivity index (χ3n) is 3.04. The smallest absolute Gasteiger partial charge is 0.324 e. The first kappa shape index (κ1) is 17.1. The Morgan fingerprint density at radius 3 is 2.38 bits per heavy atom. The highest BCUT2D eigenvalue weighted by atomic mass is 32.2. The first-order valence-electron chi connectivity index (χ1n) is 6.46. The Kier molecular flexibility index (Phi) is 5.47. The minimum atomic E-state index is -3.79. The molecule has 0 saturated carbocycles. The topological polar surface area (TPSA) is 107 Å². The number of benzene rings is 1. The Hall–Kier alpha value is -1.91. The van der Waals surface area contributed by atoms with Gasteiger partial charge in [-0.2, -0.15) is 9.98 Å². The van der Waals surface area contributed by atoms with Gasteiger partial charge in [-0.15, -0.1) is 0 Å². The second-order valence-electron chi connectivity index (χ2n) is 5.06. The van der Waals surface area contributed by atoms with Crippen LogP contribution in [0.5, 0.6) is 0 Å². The number of nitrogens with one attached hydrogen (secondary N) is 1. The molecule has 1 rings (SSSR count). The number of carboxylic acid groups (broad SMARTS) is 1. The number of hydrogen-bond donors (Lipinski definition) is 2. The van der Waals surface area contributed by atoms with Crippen molar-refractivity contribution in [2.75, 3.05) is 0 Å². The first-order valence-corrected chi connectivity index (χ1v) is 8.12. The number of nitrogens with zero attached hydrogens (tertiary/aromatic N) is 1. The molecule has 0 heterocycles. The molecule has 1 aromatic carbocycles. The minimum absolute atomic E-state index is 0.203. The lowest BCUT2D eigenvalue weighted by molar-refractivity contribution is -0.143. The molecule has 114 valence electrons. The molecule has 1 aromatic rings. The van der Waals surface area contributed by atoms with Gasteiger partial charge in [0.1, 0.15) is 5.54 Å². The monoisotopic (exact) mass is 310 g/mol. The fourth-order valence-corrected chi connectivity index (χ4v) is 3.56. The van der Waals surface area contributed by atoms with Crippen molar-refractivity contribution >= 4 is 16.0 Å². The van der Waals surface area contributed by atoms with E-state index in [0.29, 0.717) is 17.5 Å². The summed E-state index contributed by atoms with van der Waals surface area (Å²) in [4.78, 5) is 11.3. The minimum Gasteiger partial charge on any atom is -0.480 e. The molecule has 6 nitrogen and oxygen atoms in total. The number of carbonyl (C=O) groups is 1. The first-order chi connectivity index (χ1) is 9.72. The van der Waals surface area contributed by atoms with Gasteiger partial charge in [-0.05, 0) is 31.0 Å². The Labute approximate surface area is 124 Å². The zero-order valence-corrected chi connectivity index (χ0v) is 12.8. The number of aliphatic carboxylic acids is 1. The van der Waals surface area contributed by atoms with Crippen molar-refractivity contribution < 1.29 is 18.3 Å². The summed E-state index contributed by atoms with van der Waals surface area (Å²) in [6.45, 7) is 3.14. The third kappa shape index (κ3) is 4.85. The van der Waals surface area contributed by atoms with E-state index in [1.807, 2.05) is 6.07 Å². The summed E-state index contributed by atoms with van der Waals surface area (Å²) in [5.74, 6) is -1.53. The molecule has 0 aliphatic heterocycles. The Morgan fingerprint density at radius 2 is 1.95 bits per heavy atom. The maximum atomic E-state index is 12.1. The quantitative estimate of drug-likeness (QED) is 0.795. The molecule has 21 heavy (non-hydrogen) atoms. The van der Waals surface area contributed by atoms with Gasteiger partial charge >= 0.3 is 5.97 Å². The second-order valence-corrected chi connectivity index (χ2v) is 6.78. The summed E-state index contributed by atoms with van der Waals surface area (Å²) in [5.41, 5.74) is -0.587. The van der Waals surface area contributed by atoms with Crippen LogP contribution < -0.4 is 4.72 Å². The van der Waals surface area contributed by atoms with Gasteiger partial charge in [0.2, 0.25) is 10.0 Å². The van der Waals surface area contributed by atoms with Crippen LogP contribution in [-0.4, -0.2) is 25.0 Å². The lowest BCUT2D eigenvalue weighted by Crippen LogP contribution is -2.52. The van der Waals surface area contributed by atoms with Gasteiger partial charge in [0, 0.05) is 0 Å². The van der Waals surface area contributed by atoms with E-state index in [-0.39, 0.29) is 12.2 Å². The van der Waals surface area contributed by atoms with E-state index in [2.05, 4.69) is 4.72 Å². The van der Waals surface area contributed by atoms with Crippen molar-refractivity contribution in [1.29, 1.82) is 5.26 Å². The van der Waals surface area contributed by atoms with Crippen molar-refractivity contribution in [2.24, 2.45) is 0 Å². The average Bonchev–Trinajstić information content (AvgIpc) is 2.38. The molecule has 0 radical (unpaired) electrons. The van der Waals surface area contributed by atoms with Crippen LogP contribution in [-0.2, 0) is 20.6 Å². The van der Waals surface area contributed by atoms with Gasteiger partial charge in [-0.3, -0.25) is 4.79 Å². The number of carboxylic acids is 1. The van der Waals surface area contributed by atoms with Gasteiger partial charge in [0.05, 0.1) is 17.4 Å². The van der Waals surface area contributed by atoms with Crippen molar-refractivity contribution in [3.8, 4) is 6.07 Å². The van der Waals surface area contributed by atoms with Crippen LogP contribution in [0.25, 0.3) is 0 Å². The van der Waals surface area contributed by atoms with Gasteiger partial charge in [-0.25, -0.2) is 8.42 Å². The molecule has 2 N–H and O–H groups in total. The molecular weight excluding hydrogens is 292 g/mol. The zero-order valence-electron chi connectivity index (χ0n) is 12.0. The number of rotatable bonds is 7. The molecule has 0 amide bonds. The lowest BCUT2D eigenvalue weighted by Gasteiger charge is -2.25. The van der Waals surface area contributed by atoms with Crippen LogP contribution in [0, 0.1) is 11.3 Å². The summed E-state index contributed by atoms with van der Waals surface area (Å²) < 4.78 is 26.5. The van der Waals surface area contributed by atoms with E-state index >= 15 is 0 Å². The van der Waals surface area contributed by atoms with Crippen molar-refractivity contribution in [1.82, 2.24) is 4.72 Å². The van der Waals surface area contributed by atoms with Crippen LogP contribution in [0.1, 0.15) is 37.8 Å². The predicted octanol–water partition coefficient (Wildman–Crippen LogP) is 1.62. The highest BCUT2D eigenvalue weighted by Crippen LogP contribution is 2.16. The van der Waals surface area contributed by atoms with E-state index in [1.54, 1.807) is 6.92 Å². The van der Waals surface area contributed by atoms with Crippen molar-refractivity contribution in [3.05, 3.63) is 35.4 Å². The van der Waals surface area contributed by atoms with Crippen molar-refractivity contribution in [3.63, 3.8) is 0 Å². The molecule has 0 bridgehead atoms. The normalized spacial score (nSPS) is 14.1. The fourth-order valence-electron chi connectivity index (χ4n) is 1.98. The molecule has 0 aromatic heterocycles. The van der Waals surface area contributed by atoms with Gasteiger partial charge in [-0.1, -0.05) is 25.5 Å². The Morgan fingerprint density at radius 1 is 1.38 bits per heavy atom. The summed E-state index contributed by atoms with van der Waals surface area (Å²) in [6, 6.07) is 8.06. The third-order valence-corrected chi connectivity index (χ3v) is 4.52. The van der Waals surface area contributed by atoms with Crippen LogP contribution in [0.15, 0.2) is 24.3 Å². The zero-order chi connectivity index (χ0) is 16.1. The second kappa shape index (κ2) is 6.70. The molecule has 1 atom stereocenters. The summed E-state index contributed by atoms with van der Waals surface area (Å²) in [5, 5.41) is 17.9. The van der Waals surface area contributed by atoms with Crippen LogP contribution in [0.3, 0.4) is 0 Å². The molecule has 0 spiro atoms. The van der Waals surface area contributed by atoms with Crippen LogP contribution in [0.2, 0.25) is 0 Å². The van der Waals surface area contributed by atoms with Crippen LogP contribution in [0.4, 0.5) is 0 Å². The molecule has 0 aliphatic carbocycles. The van der Waals surface area contributed by atoms with Gasteiger partial charge < -0.3 is 5.11 Å². The number of nitriles is 1.